The predicted molar refractivity (Wildman–Crippen MR) is 125 cm³/mol. The number of thiazole rings is 1. The third-order valence-corrected chi connectivity index (χ3v) is 7.52. The normalized spacial score (nSPS) is 15.9. The summed E-state index contributed by atoms with van der Waals surface area (Å²) in [5, 5.41) is 3.01. The van der Waals surface area contributed by atoms with Crippen LogP contribution in [-0.2, 0) is 0 Å². The number of carbonyl (C=O) groups is 1. The molecular weight excluding hydrogens is 428 g/mol. The van der Waals surface area contributed by atoms with Gasteiger partial charge in [-0.15, -0.1) is 11.3 Å². The van der Waals surface area contributed by atoms with Gasteiger partial charge < -0.3 is 4.42 Å². The van der Waals surface area contributed by atoms with E-state index in [4.69, 9.17) is 9.40 Å². The van der Waals surface area contributed by atoms with Crippen LogP contribution in [0.4, 0.5) is 5.13 Å². The van der Waals surface area contributed by atoms with Crippen LogP contribution in [0.5, 0.6) is 0 Å². The molecule has 0 N–H and O–H groups in total. The van der Waals surface area contributed by atoms with Crippen LogP contribution < -0.4 is 10.3 Å². The maximum Gasteiger partial charge on any atom is 0.297 e. The second-order valence-electron chi connectivity index (χ2n) is 7.73. The lowest BCUT2D eigenvalue weighted by atomic mass is 10.0. The Hall–Kier alpha value is -3.29. The molecule has 5 aromatic rings. The van der Waals surface area contributed by atoms with Crippen LogP contribution in [0, 0.1) is 13.8 Å². The van der Waals surface area contributed by atoms with E-state index in [9.17, 15) is 9.59 Å². The minimum Gasteiger partial charge on any atom is -0.450 e. The zero-order valence-electron chi connectivity index (χ0n) is 16.7. The van der Waals surface area contributed by atoms with E-state index in [0.717, 1.165) is 26.2 Å². The van der Waals surface area contributed by atoms with Crippen molar-refractivity contribution in [1.82, 2.24) is 4.98 Å². The fourth-order valence-corrected chi connectivity index (χ4v) is 6.04. The van der Waals surface area contributed by atoms with Gasteiger partial charge in [-0.05, 0) is 55.1 Å². The molecule has 1 amide bonds. The predicted octanol–water partition coefficient (Wildman–Crippen LogP) is 5.83. The highest BCUT2D eigenvalue weighted by atomic mass is 32.1. The molecule has 7 heteroatoms. The summed E-state index contributed by atoms with van der Waals surface area (Å²) < 4.78 is 7.02. The van der Waals surface area contributed by atoms with Gasteiger partial charge in [0, 0.05) is 4.88 Å². The Kier molecular flexibility index (Phi) is 3.94. The number of amides is 1. The average molecular weight is 445 g/mol. The molecule has 2 aromatic carbocycles. The van der Waals surface area contributed by atoms with Gasteiger partial charge >= 0.3 is 0 Å². The van der Waals surface area contributed by atoms with Crippen LogP contribution in [0.15, 0.2) is 63.1 Å². The van der Waals surface area contributed by atoms with Gasteiger partial charge in [0.1, 0.15) is 11.6 Å². The molecule has 1 atom stereocenters. The van der Waals surface area contributed by atoms with E-state index < -0.39 is 6.04 Å². The Morgan fingerprint density at radius 2 is 1.84 bits per heavy atom. The molecule has 0 fully saturated rings. The van der Waals surface area contributed by atoms with E-state index in [-0.39, 0.29) is 17.1 Å². The SMILES string of the molecule is Cc1ccc2nc(N3C(=O)c4oc5ccc(C)cc5c(=O)c4[C@H]3c3cccs3)sc2c1. The second-order valence-corrected chi connectivity index (χ2v) is 9.72. The van der Waals surface area contributed by atoms with E-state index in [1.807, 2.05) is 55.6 Å². The third-order valence-electron chi connectivity index (χ3n) is 5.58. The number of rotatable bonds is 2. The molecule has 0 unspecified atom stereocenters. The Morgan fingerprint density at radius 3 is 2.65 bits per heavy atom. The third kappa shape index (κ3) is 2.70. The molecule has 1 aliphatic rings. The van der Waals surface area contributed by atoms with Crippen molar-refractivity contribution in [3.05, 3.63) is 91.5 Å². The summed E-state index contributed by atoms with van der Waals surface area (Å²) in [7, 11) is 0. The summed E-state index contributed by atoms with van der Waals surface area (Å²) in [6.45, 7) is 3.96. The lowest BCUT2D eigenvalue weighted by Gasteiger charge is -2.20. The van der Waals surface area contributed by atoms with Gasteiger partial charge in [-0.1, -0.05) is 35.1 Å². The Bertz CT molecular complexity index is 1560. The minimum atomic E-state index is -0.551. The first-order chi connectivity index (χ1) is 15.0. The maximum atomic E-state index is 13.6. The van der Waals surface area contributed by atoms with E-state index in [0.29, 0.717) is 21.7 Å². The zero-order chi connectivity index (χ0) is 21.3. The first-order valence-electron chi connectivity index (χ1n) is 9.83. The van der Waals surface area contributed by atoms with Gasteiger partial charge in [-0.25, -0.2) is 4.98 Å². The number of carbonyl (C=O) groups excluding carboxylic acids is 1. The molecule has 0 aliphatic carbocycles. The zero-order valence-corrected chi connectivity index (χ0v) is 18.3. The van der Waals surface area contributed by atoms with Crippen molar-refractivity contribution in [3.63, 3.8) is 0 Å². The molecule has 31 heavy (non-hydrogen) atoms. The highest BCUT2D eigenvalue weighted by Gasteiger charge is 2.45. The Labute approximate surface area is 185 Å². The number of anilines is 1. The van der Waals surface area contributed by atoms with Crippen molar-refractivity contribution in [1.29, 1.82) is 0 Å². The Balaban J connectivity index is 1.64. The number of thiophene rings is 1. The smallest absolute Gasteiger partial charge is 0.297 e. The van der Waals surface area contributed by atoms with Crippen molar-refractivity contribution in [2.24, 2.45) is 0 Å². The van der Waals surface area contributed by atoms with Gasteiger partial charge in [0.15, 0.2) is 10.6 Å². The van der Waals surface area contributed by atoms with Crippen LogP contribution in [0.1, 0.15) is 38.2 Å². The van der Waals surface area contributed by atoms with Crippen molar-refractivity contribution >= 4 is 54.9 Å². The lowest BCUT2D eigenvalue weighted by Crippen LogP contribution is -2.28. The lowest BCUT2D eigenvalue weighted by molar-refractivity contribution is 0.0971. The van der Waals surface area contributed by atoms with Crippen LogP contribution in [0.2, 0.25) is 0 Å². The van der Waals surface area contributed by atoms with E-state index >= 15 is 0 Å². The molecule has 5 nitrogen and oxygen atoms in total. The van der Waals surface area contributed by atoms with Gasteiger partial charge in [0.05, 0.1) is 21.2 Å². The van der Waals surface area contributed by atoms with E-state index in [1.165, 1.54) is 22.7 Å². The number of hydrogen-bond donors (Lipinski definition) is 0. The van der Waals surface area contributed by atoms with Crippen molar-refractivity contribution in [2.75, 3.05) is 4.90 Å². The number of hydrogen-bond acceptors (Lipinski definition) is 6. The molecule has 0 spiro atoms. The molecule has 0 bridgehead atoms. The largest absolute Gasteiger partial charge is 0.450 e. The number of fused-ring (bicyclic) bond motifs is 3. The average Bonchev–Trinajstić information content (AvgIpc) is 3.46. The molecule has 3 aromatic heterocycles. The van der Waals surface area contributed by atoms with Gasteiger partial charge in [0.25, 0.3) is 5.91 Å². The summed E-state index contributed by atoms with van der Waals surface area (Å²) in [5.74, 6) is -0.223. The quantitative estimate of drug-likeness (QED) is 0.344. The summed E-state index contributed by atoms with van der Waals surface area (Å²) in [5.41, 5.74) is 3.59. The van der Waals surface area contributed by atoms with Crippen LogP contribution in [0.3, 0.4) is 0 Å². The topological polar surface area (TPSA) is 63.4 Å². The highest BCUT2D eigenvalue weighted by Crippen LogP contribution is 2.44. The molecule has 1 aliphatic heterocycles. The molecule has 152 valence electrons. The summed E-state index contributed by atoms with van der Waals surface area (Å²) in [4.78, 5) is 34.4. The fourth-order valence-electron chi connectivity index (χ4n) is 4.12. The monoisotopic (exact) mass is 444 g/mol. The standard InChI is InChI=1S/C24H16N2O3S2/c1-12-6-8-16-14(10-12)21(27)19-20(17-4-3-9-30-17)26(23(28)22(19)29-16)24-25-15-7-5-13(2)11-18(15)31-24/h3-11,20H,1-2H3/t20-/m1/s1. The maximum absolute atomic E-state index is 13.6. The minimum absolute atomic E-state index is 0.107. The van der Waals surface area contributed by atoms with Crippen molar-refractivity contribution < 1.29 is 9.21 Å². The summed E-state index contributed by atoms with van der Waals surface area (Å²) >= 11 is 2.96. The molecule has 0 saturated heterocycles. The summed E-state index contributed by atoms with van der Waals surface area (Å²) in [6.07, 6.45) is 0. The van der Waals surface area contributed by atoms with Crippen LogP contribution in [-0.4, -0.2) is 10.9 Å². The molecule has 0 radical (unpaired) electrons. The molecular formula is C24H16N2O3S2. The molecule has 0 saturated carbocycles. The Morgan fingerprint density at radius 1 is 1.03 bits per heavy atom. The first-order valence-corrected chi connectivity index (χ1v) is 11.5. The number of aryl methyl sites for hydroxylation is 2. The van der Waals surface area contributed by atoms with Crippen LogP contribution >= 0.6 is 22.7 Å². The van der Waals surface area contributed by atoms with Crippen molar-refractivity contribution in [2.45, 2.75) is 19.9 Å². The molecule has 6 rings (SSSR count). The van der Waals surface area contributed by atoms with Crippen molar-refractivity contribution in [3.8, 4) is 0 Å². The second kappa shape index (κ2) is 6.60. The fraction of sp³-hybridized carbons (Fsp3) is 0.125. The number of benzene rings is 2. The van der Waals surface area contributed by atoms with E-state index in [2.05, 4.69) is 6.07 Å². The number of nitrogens with zero attached hydrogens (tertiary/aromatic N) is 2. The molecule has 4 heterocycles. The van der Waals surface area contributed by atoms with E-state index in [1.54, 1.807) is 11.0 Å². The van der Waals surface area contributed by atoms with Gasteiger partial charge in [0.2, 0.25) is 5.76 Å². The van der Waals surface area contributed by atoms with Gasteiger partial charge in [-0.3, -0.25) is 14.5 Å². The number of aromatic nitrogens is 1. The van der Waals surface area contributed by atoms with Crippen LogP contribution in [0.25, 0.3) is 21.2 Å². The highest BCUT2D eigenvalue weighted by molar-refractivity contribution is 7.22. The summed E-state index contributed by atoms with van der Waals surface area (Å²) in [6, 6.07) is 14.8. The first kappa shape index (κ1) is 18.5. The van der Waals surface area contributed by atoms with Gasteiger partial charge in [-0.2, -0.15) is 0 Å².